The molecule has 4 heteroatoms. The van der Waals surface area contributed by atoms with Crippen LogP contribution in [0.4, 0.5) is 10.1 Å². The molecule has 0 amide bonds. The van der Waals surface area contributed by atoms with Crippen molar-refractivity contribution in [1.82, 2.24) is 4.98 Å². The molecule has 0 saturated heterocycles. The maximum Gasteiger partial charge on any atom is 0.125 e. The quantitative estimate of drug-likeness (QED) is 0.836. The first-order chi connectivity index (χ1) is 8.08. The molecule has 0 saturated carbocycles. The summed E-state index contributed by atoms with van der Waals surface area (Å²) in [5.41, 5.74) is 4.02. The van der Waals surface area contributed by atoms with Gasteiger partial charge in [0.05, 0.1) is 5.52 Å². The molecule has 2 nitrogen and oxygen atoms in total. The molecule has 0 radical (unpaired) electrons. The van der Waals surface area contributed by atoms with Gasteiger partial charge in [-0.2, -0.15) is 0 Å². The van der Waals surface area contributed by atoms with Crippen LogP contribution >= 0.6 is 22.6 Å². The molecule has 0 bridgehead atoms. The molecule has 0 aliphatic heterocycles. The predicted octanol–water partition coefficient (Wildman–Crippen LogP) is 3.89. The summed E-state index contributed by atoms with van der Waals surface area (Å²) in [6, 6.07) is 3.06. The molecular weight excluding hydrogens is 330 g/mol. The third-order valence-electron chi connectivity index (χ3n) is 2.92. The highest BCUT2D eigenvalue weighted by Crippen LogP contribution is 2.31. The summed E-state index contributed by atoms with van der Waals surface area (Å²) >= 11 is 2.13. The van der Waals surface area contributed by atoms with Gasteiger partial charge in [-0.25, -0.2) is 4.39 Å². The van der Waals surface area contributed by atoms with E-state index in [-0.39, 0.29) is 5.82 Å². The first kappa shape index (κ1) is 12.5. The molecule has 0 atom stereocenters. The molecule has 0 aliphatic rings. The molecule has 2 rings (SSSR count). The van der Waals surface area contributed by atoms with Crippen molar-refractivity contribution in [2.75, 3.05) is 12.4 Å². The number of pyridine rings is 1. The topological polar surface area (TPSA) is 24.9 Å². The van der Waals surface area contributed by atoms with Crippen molar-refractivity contribution in [3.8, 4) is 0 Å². The standard InChI is InChI=1S/C13H14FIN2/c1-4-9-7(2)17-13-10(12(9)16-3)5-8(14)6-11(13)15/h5-6H,4H2,1-3H3,(H,16,17). The Morgan fingerprint density at radius 1 is 1.41 bits per heavy atom. The van der Waals surface area contributed by atoms with Gasteiger partial charge in [0, 0.05) is 27.4 Å². The van der Waals surface area contributed by atoms with Crippen LogP contribution in [0.3, 0.4) is 0 Å². The van der Waals surface area contributed by atoms with Gasteiger partial charge < -0.3 is 5.32 Å². The Bertz CT molecular complexity index is 581. The maximum atomic E-state index is 13.5. The number of hydrogen-bond acceptors (Lipinski definition) is 2. The van der Waals surface area contributed by atoms with Crippen LogP contribution < -0.4 is 5.32 Å². The summed E-state index contributed by atoms with van der Waals surface area (Å²) in [7, 11) is 1.87. The fourth-order valence-corrected chi connectivity index (χ4v) is 2.88. The fraction of sp³-hybridized carbons (Fsp3) is 0.308. The lowest BCUT2D eigenvalue weighted by Gasteiger charge is -2.14. The largest absolute Gasteiger partial charge is 0.387 e. The van der Waals surface area contributed by atoms with E-state index in [4.69, 9.17) is 0 Å². The lowest BCUT2D eigenvalue weighted by atomic mass is 10.0. The molecule has 1 heterocycles. The molecule has 1 aromatic heterocycles. The summed E-state index contributed by atoms with van der Waals surface area (Å²) in [4.78, 5) is 4.58. The summed E-state index contributed by atoms with van der Waals surface area (Å²) in [5, 5.41) is 4.04. The van der Waals surface area contributed by atoms with E-state index in [1.807, 2.05) is 14.0 Å². The van der Waals surface area contributed by atoms with Crippen molar-refractivity contribution < 1.29 is 4.39 Å². The number of rotatable bonds is 2. The smallest absolute Gasteiger partial charge is 0.125 e. The minimum Gasteiger partial charge on any atom is -0.387 e. The molecule has 2 aromatic rings. The Labute approximate surface area is 114 Å². The van der Waals surface area contributed by atoms with Crippen LogP contribution in [0.5, 0.6) is 0 Å². The van der Waals surface area contributed by atoms with E-state index in [1.165, 1.54) is 6.07 Å². The third-order valence-corrected chi connectivity index (χ3v) is 3.74. The number of nitrogens with zero attached hydrogens (tertiary/aromatic N) is 1. The lowest BCUT2D eigenvalue weighted by Crippen LogP contribution is -2.02. The minimum atomic E-state index is -0.217. The number of nitrogens with one attached hydrogen (secondary N) is 1. The minimum absolute atomic E-state index is 0.217. The van der Waals surface area contributed by atoms with E-state index in [0.717, 1.165) is 37.8 Å². The third kappa shape index (κ3) is 2.10. The van der Waals surface area contributed by atoms with Crippen molar-refractivity contribution >= 4 is 39.2 Å². The van der Waals surface area contributed by atoms with Crippen LogP contribution in [0, 0.1) is 16.3 Å². The van der Waals surface area contributed by atoms with E-state index in [0.29, 0.717) is 0 Å². The van der Waals surface area contributed by atoms with Crippen LogP contribution in [0.2, 0.25) is 0 Å². The highest BCUT2D eigenvalue weighted by Gasteiger charge is 2.13. The van der Waals surface area contributed by atoms with Crippen LogP contribution in [0.1, 0.15) is 18.2 Å². The monoisotopic (exact) mass is 344 g/mol. The number of aromatic nitrogens is 1. The van der Waals surface area contributed by atoms with E-state index >= 15 is 0 Å². The maximum absolute atomic E-state index is 13.5. The summed E-state index contributed by atoms with van der Waals surface area (Å²) < 4.78 is 14.3. The Balaban J connectivity index is 2.93. The van der Waals surface area contributed by atoms with Gasteiger partial charge in [-0.1, -0.05) is 6.92 Å². The van der Waals surface area contributed by atoms with E-state index in [2.05, 4.69) is 39.8 Å². The second kappa shape index (κ2) is 4.76. The summed E-state index contributed by atoms with van der Waals surface area (Å²) in [6.45, 7) is 4.08. The van der Waals surface area contributed by atoms with Crippen molar-refractivity contribution in [3.63, 3.8) is 0 Å². The molecule has 0 unspecified atom stereocenters. The average Bonchev–Trinajstić information content (AvgIpc) is 2.28. The zero-order valence-electron chi connectivity index (χ0n) is 10.1. The van der Waals surface area contributed by atoms with Crippen molar-refractivity contribution in [3.05, 3.63) is 32.8 Å². The first-order valence-electron chi connectivity index (χ1n) is 5.54. The first-order valence-corrected chi connectivity index (χ1v) is 6.62. The zero-order valence-corrected chi connectivity index (χ0v) is 12.2. The number of benzene rings is 1. The average molecular weight is 344 g/mol. The van der Waals surface area contributed by atoms with Gasteiger partial charge in [-0.05, 0) is 53.6 Å². The SMILES string of the molecule is CCc1c(C)nc2c(I)cc(F)cc2c1NC. The highest BCUT2D eigenvalue weighted by molar-refractivity contribution is 14.1. The van der Waals surface area contributed by atoms with E-state index < -0.39 is 0 Å². The van der Waals surface area contributed by atoms with Crippen molar-refractivity contribution in [2.45, 2.75) is 20.3 Å². The molecule has 0 fully saturated rings. The summed E-state index contributed by atoms with van der Waals surface area (Å²) in [5.74, 6) is -0.217. The summed E-state index contributed by atoms with van der Waals surface area (Å²) in [6.07, 6.45) is 0.887. The van der Waals surface area contributed by atoms with Crippen molar-refractivity contribution in [2.24, 2.45) is 0 Å². The molecule has 90 valence electrons. The molecule has 1 N–H and O–H groups in total. The van der Waals surface area contributed by atoms with Gasteiger partial charge >= 0.3 is 0 Å². The van der Waals surface area contributed by atoms with Gasteiger partial charge in [0.15, 0.2) is 0 Å². The van der Waals surface area contributed by atoms with Crippen LogP contribution in [-0.2, 0) is 6.42 Å². The number of hydrogen-bond donors (Lipinski definition) is 1. The number of halogens is 2. The Morgan fingerprint density at radius 3 is 2.71 bits per heavy atom. The Hall–Kier alpha value is -0.910. The molecule has 0 spiro atoms. The van der Waals surface area contributed by atoms with Gasteiger partial charge in [-0.3, -0.25) is 4.98 Å². The van der Waals surface area contributed by atoms with Gasteiger partial charge in [-0.15, -0.1) is 0 Å². The number of aryl methyl sites for hydroxylation is 1. The van der Waals surface area contributed by atoms with Crippen LogP contribution in [-0.4, -0.2) is 12.0 Å². The molecule has 1 aromatic carbocycles. The fourth-order valence-electron chi connectivity index (χ4n) is 2.17. The van der Waals surface area contributed by atoms with E-state index in [1.54, 1.807) is 6.07 Å². The second-order valence-electron chi connectivity index (χ2n) is 3.94. The zero-order chi connectivity index (χ0) is 12.6. The van der Waals surface area contributed by atoms with Gasteiger partial charge in [0.2, 0.25) is 0 Å². The normalized spacial score (nSPS) is 10.9. The highest BCUT2D eigenvalue weighted by atomic mass is 127. The van der Waals surface area contributed by atoms with Gasteiger partial charge in [0.1, 0.15) is 5.82 Å². The van der Waals surface area contributed by atoms with Crippen LogP contribution in [0.15, 0.2) is 12.1 Å². The lowest BCUT2D eigenvalue weighted by molar-refractivity contribution is 0.628. The van der Waals surface area contributed by atoms with Crippen LogP contribution in [0.25, 0.3) is 10.9 Å². The number of fused-ring (bicyclic) bond motifs is 1. The molecular formula is C13H14FIN2. The van der Waals surface area contributed by atoms with Gasteiger partial charge in [0.25, 0.3) is 0 Å². The second-order valence-corrected chi connectivity index (χ2v) is 5.10. The molecule has 0 aliphatic carbocycles. The van der Waals surface area contributed by atoms with Crippen molar-refractivity contribution in [1.29, 1.82) is 0 Å². The van der Waals surface area contributed by atoms with E-state index in [9.17, 15) is 4.39 Å². The molecule has 17 heavy (non-hydrogen) atoms. The predicted molar refractivity (Wildman–Crippen MR) is 78.1 cm³/mol. The Morgan fingerprint density at radius 2 is 2.12 bits per heavy atom. The Kier molecular flexibility index (Phi) is 3.51. The number of anilines is 1.